The summed E-state index contributed by atoms with van der Waals surface area (Å²) in [5, 5.41) is 9.50. The second kappa shape index (κ2) is 3.24. The van der Waals surface area contributed by atoms with Crippen LogP contribution in [-0.4, -0.2) is 23.8 Å². The third-order valence-corrected chi connectivity index (χ3v) is 2.24. The van der Waals surface area contributed by atoms with Crippen molar-refractivity contribution in [3.05, 3.63) is 35.4 Å². The van der Waals surface area contributed by atoms with Crippen molar-refractivity contribution in [1.29, 1.82) is 0 Å². The first-order valence-corrected chi connectivity index (χ1v) is 4.32. The van der Waals surface area contributed by atoms with Crippen LogP contribution in [0.15, 0.2) is 24.3 Å². The summed E-state index contributed by atoms with van der Waals surface area (Å²) < 4.78 is 4.97. The van der Waals surface area contributed by atoms with Crippen molar-refractivity contribution in [2.75, 3.05) is 7.11 Å². The van der Waals surface area contributed by atoms with Gasteiger partial charge in [0.2, 0.25) is 11.6 Å². The number of carbonyl (C=O) groups excluding carboxylic acids is 2. The lowest BCUT2D eigenvalue weighted by molar-refractivity contribution is -0.111. The smallest absolute Gasteiger partial charge is 0.237 e. The van der Waals surface area contributed by atoms with Crippen LogP contribution in [0.3, 0.4) is 0 Å². The highest BCUT2D eigenvalue weighted by Gasteiger charge is 2.28. The van der Waals surface area contributed by atoms with E-state index in [1.807, 2.05) is 0 Å². The monoisotopic (exact) mass is 204 g/mol. The summed E-state index contributed by atoms with van der Waals surface area (Å²) in [5.74, 6) is -1.29. The van der Waals surface area contributed by atoms with Gasteiger partial charge in [0.25, 0.3) is 0 Å². The molecular weight excluding hydrogens is 196 g/mol. The molecule has 0 amide bonds. The fourth-order valence-corrected chi connectivity index (χ4v) is 1.54. The number of methoxy groups -OCH3 is 1. The molecular formula is C11H8O4. The van der Waals surface area contributed by atoms with Crippen molar-refractivity contribution >= 4 is 17.3 Å². The Kier molecular flexibility index (Phi) is 2.04. The molecule has 1 N–H and O–H groups in total. The van der Waals surface area contributed by atoms with Crippen LogP contribution in [0, 0.1) is 0 Å². The van der Waals surface area contributed by atoms with E-state index in [0.717, 1.165) is 6.08 Å². The topological polar surface area (TPSA) is 63.6 Å². The highest BCUT2D eigenvalue weighted by atomic mass is 16.5. The third-order valence-electron chi connectivity index (χ3n) is 2.24. The zero-order valence-corrected chi connectivity index (χ0v) is 7.98. The zero-order valence-electron chi connectivity index (χ0n) is 7.98. The second-order valence-electron chi connectivity index (χ2n) is 3.11. The summed E-state index contributed by atoms with van der Waals surface area (Å²) in [7, 11) is 1.41. The first kappa shape index (κ1) is 9.45. The van der Waals surface area contributed by atoms with E-state index in [0.29, 0.717) is 11.3 Å². The fourth-order valence-electron chi connectivity index (χ4n) is 1.54. The summed E-state index contributed by atoms with van der Waals surface area (Å²) in [5.41, 5.74) is 0.462. The molecule has 0 fully saturated rings. The van der Waals surface area contributed by atoms with E-state index in [4.69, 9.17) is 4.74 Å². The fraction of sp³-hybridized carbons (Fsp3) is 0.0909. The molecule has 0 saturated carbocycles. The molecule has 4 heteroatoms. The molecule has 1 aromatic carbocycles. The number of fused-ring (bicyclic) bond motifs is 1. The number of hydrogen-bond donors (Lipinski definition) is 1. The van der Waals surface area contributed by atoms with E-state index in [1.54, 1.807) is 12.1 Å². The van der Waals surface area contributed by atoms with Gasteiger partial charge in [0, 0.05) is 11.6 Å². The van der Waals surface area contributed by atoms with E-state index < -0.39 is 11.6 Å². The number of benzene rings is 1. The number of Topliss-reactive ketones (excluding diaryl/α,β-unsaturated/α-hetero) is 1. The van der Waals surface area contributed by atoms with Gasteiger partial charge >= 0.3 is 0 Å². The number of ether oxygens (including phenoxy) is 1. The average molecular weight is 204 g/mol. The molecule has 76 valence electrons. The number of allylic oxidation sites excluding steroid dienone is 1. The lowest BCUT2D eigenvalue weighted by Crippen LogP contribution is -2.19. The minimum atomic E-state index is -0.705. The van der Waals surface area contributed by atoms with E-state index in [2.05, 4.69) is 0 Å². The first-order valence-electron chi connectivity index (χ1n) is 4.32. The van der Waals surface area contributed by atoms with Crippen LogP contribution in [0.5, 0.6) is 5.75 Å². The first-order chi connectivity index (χ1) is 7.15. The molecule has 0 atom stereocenters. The van der Waals surface area contributed by atoms with Crippen LogP contribution in [-0.2, 0) is 9.53 Å². The minimum absolute atomic E-state index is 0.0156. The van der Waals surface area contributed by atoms with Crippen LogP contribution in [0.2, 0.25) is 0 Å². The standard InChI is InChI=1S/C11H8O4/c1-15-9-5-8(13)11(14)10-6(9)3-2-4-7(10)12/h2-5,12H,1H3. The maximum Gasteiger partial charge on any atom is 0.237 e. The average Bonchev–Trinajstić information content (AvgIpc) is 2.23. The number of carbonyl (C=O) groups is 2. The van der Waals surface area contributed by atoms with Crippen LogP contribution < -0.4 is 0 Å². The summed E-state index contributed by atoms with van der Waals surface area (Å²) in [6.45, 7) is 0. The van der Waals surface area contributed by atoms with Gasteiger partial charge in [0.1, 0.15) is 11.5 Å². The lowest BCUT2D eigenvalue weighted by Gasteiger charge is -2.15. The van der Waals surface area contributed by atoms with Crippen molar-refractivity contribution in [3.8, 4) is 5.75 Å². The summed E-state index contributed by atoms with van der Waals surface area (Å²) >= 11 is 0. The quantitative estimate of drug-likeness (QED) is 0.697. The maximum absolute atomic E-state index is 11.5. The van der Waals surface area contributed by atoms with E-state index >= 15 is 0 Å². The Morgan fingerprint density at radius 1 is 1.27 bits per heavy atom. The Hall–Kier alpha value is -2.10. The second-order valence-corrected chi connectivity index (χ2v) is 3.11. The van der Waals surface area contributed by atoms with Gasteiger partial charge in [-0.05, 0) is 6.07 Å². The largest absolute Gasteiger partial charge is 0.507 e. The normalized spacial score (nSPS) is 14.6. The lowest BCUT2D eigenvalue weighted by atomic mass is 9.93. The van der Waals surface area contributed by atoms with Gasteiger partial charge in [-0.3, -0.25) is 9.59 Å². The van der Waals surface area contributed by atoms with Crippen LogP contribution in [0.1, 0.15) is 15.9 Å². The van der Waals surface area contributed by atoms with Gasteiger partial charge in [0.15, 0.2) is 0 Å². The molecule has 0 aromatic heterocycles. The summed E-state index contributed by atoms with van der Waals surface area (Å²) in [6.07, 6.45) is 1.13. The third kappa shape index (κ3) is 1.30. The zero-order chi connectivity index (χ0) is 11.0. The Bertz CT molecular complexity index is 485. The van der Waals surface area contributed by atoms with Gasteiger partial charge < -0.3 is 9.84 Å². The van der Waals surface area contributed by atoms with Gasteiger partial charge in [-0.1, -0.05) is 12.1 Å². The Balaban J connectivity index is 2.74. The van der Waals surface area contributed by atoms with Crippen LogP contribution >= 0.6 is 0 Å². The Morgan fingerprint density at radius 3 is 2.67 bits per heavy atom. The minimum Gasteiger partial charge on any atom is -0.507 e. The summed E-state index contributed by atoms with van der Waals surface area (Å²) in [6, 6.07) is 4.57. The molecule has 15 heavy (non-hydrogen) atoms. The molecule has 0 unspecified atom stereocenters. The van der Waals surface area contributed by atoms with Gasteiger partial charge in [-0.25, -0.2) is 0 Å². The van der Waals surface area contributed by atoms with E-state index in [1.165, 1.54) is 13.2 Å². The summed E-state index contributed by atoms with van der Waals surface area (Å²) in [4.78, 5) is 22.8. The number of aromatic hydroxyl groups is 1. The van der Waals surface area contributed by atoms with Crippen molar-refractivity contribution in [2.45, 2.75) is 0 Å². The molecule has 0 heterocycles. The van der Waals surface area contributed by atoms with Crippen molar-refractivity contribution in [1.82, 2.24) is 0 Å². The predicted octanol–water partition coefficient (Wildman–Crippen LogP) is 1.14. The van der Waals surface area contributed by atoms with Gasteiger partial charge in [-0.2, -0.15) is 0 Å². The molecule has 0 aliphatic heterocycles. The molecule has 1 aliphatic rings. The molecule has 2 rings (SSSR count). The molecule has 0 bridgehead atoms. The molecule has 1 aliphatic carbocycles. The maximum atomic E-state index is 11.5. The molecule has 1 aromatic rings. The molecule has 0 radical (unpaired) electrons. The Morgan fingerprint density at radius 2 is 2.00 bits per heavy atom. The van der Waals surface area contributed by atoms with E-state index in [-0.39, 0.29) is 11.3 Å². The number of rotatable bonds is 1. The van der Waals surface area contributed by atoms with Crippen LogP contribution in [0.25, 0.3) is 5.76 Å². The van der Waals surface area contributed by atoms with Gasteiger partial charge in [0.05, 0.1) is 12.7 Å². The number of phenolic OH excluding ortho intramolecular Hbond substituents is 1. The molecule has 0 saturated heterocycles. The SMILES string of the molecule is COC1=CC(=O)C(=O)c2c(O)cccc21. The Labute approximate surface area is 85.8 Å². The number of hydrogen-bond acceptors (Lipinski definition) is 4. The highest BCUT2D eigenvalue weighted by Crippen LogP contribution is 2.31. The molecule has 4 nitrogen and oxygen atoms in total. The number of phenols is 1. The predicted molar refractivity (Wildman–Crippen MR) is 52.4 cm³/mol. The van der Waals surface area contributed by atoms with Crippen molar-refractivity contribution in [2.24, 2.45) is 0 Å². The van der Waals surface area contributed by atoms with E-state index in [9.17, 15) is 14.7 Å². The number of ketones is 2. The van der Waals surface area contributed by atoms with Crippen molar-refractivity contribution in [3.63, 3.8) is 0 Å². The van der Waals surface area contributed by atoms with Crippen molar-refractivity contribution < 1.29 is 19.4 Å². The highest BCUT2D eigenvalue weighted by molar-refractivity contribution is 6.50. The molecule has 0 spiro atoms. The van der Waals surface area contributed by atoms with Gasteiger partial charge in [-0.15, -0.1) is 0 Å². The van der Waals surface area contributed by atoms with Crippen LogP contribution in [0.4, 0.5) is 0 Å².